The van der Waals surface area contributed by atoms with Crippen LogP contribution in [0, 0.1) is 0 Å². The van der Waals surface area contributed by atoms with E-state index in [1.54, 1.807) is 0 Å². The fourth-order valence-electron chi connectivity index (χ4n) is 8.71. The molecule has 4 heteroatoms. The third-order valence-electron chi connectivity index (χ3n) is 10.8. The minimum atomic E-state index is 1.16. The summed E-state index contributed by atoms with van der Waals surface area (Å²) in [4.78, 5) is 2.58. The zero-order valence-electron chi connectivity index (χ0n) is 26.8. The Morgan fingerprint density at radius 2 is 0.980 bits per heavy atom. The minimum absolute atomic E-state index is 1.16. The first-order chi connectivity index (χ1) is 24.8. The molecule has 11 aromatic rings. The molecular formula is C46H27N3S. The van der Waals surface area contributed by atoms with E-state index in [0.717, 1.165) is 11.4 Å². The molecule has 1 aliphatic heterocycles. The maximum atomic E-state index is 2.51. The van der Waals surface area contributed by atoms with Crippen LogP contribution in [-0.4, -0.2) is 13.7 Å². The van der Waals surface area contributed by atoms with Gasteiger partial charge >= 0.3 is 0 Å². The Bertz CT molecular complexity index is 3250. The van der Waals surface area contributed by atoms with Crippen LogP contribution in [0.15, 0.2) is 174 Å². The van der Waals surface area contributed by atoms with Gasteiger partial charge in [0.1, 0.15) is 5.65 Å². The second-order valence-corrected chi connectivity index (χ2v) is 14.4. The van der Waals surface area contributed by atoms with Crippen molar-refractivity contribution in [1.29, 1.82) is 0 Å². The highest BCUT2D eigenvalue weighted by atomic mass is 32.2. The Morgan fingerprint density at radius 1 is 0.360 bits per heavy atom. The molecule has 0 spiro atoms. The summed E-state index contributed by atoms with van der Waals surface area (Å²) in [5.74, 6) is 0. The van der Waals surface area contributed by atoms with Crippen molar-refractivity contribution in [1.82, 2.24) is 13.7 Å². The molecule has 0 saturated carbocycles. The average molecular weight is 654 g/mol. The van der Waals surface area contributed by atoms with Crippen LogP contribution in [0.2, 0.25) is 0 Å². The van der Waals surface area contributed by atoms with Crippen molar-refractivity contribution in [2.45, 2.75) is 9.79 Å². The van der Waals surface area contributed by atoms with Gasteiger partial charge in [0, 0.05) is 48.1 Å². The molecule has 0 radical (unpaired) electrons. The van der Waals surface area contributed by atoms with Gasteiger partial charge in [-0.1, -0.05) is 115 Å². The van der Waals surface area contributed by atoms with E-state index in [-0.39, 0.29) is 0 Å². The summed E-state index contributed by atoms with van der Waals surface area (Å²) in [7, 11) is 0. The molecular weight excluding hydrogens is 627 g/mol. The lowest BCUT2D eigenvalue weighted by Gasteiger charge is -2.21. The molecule has 8 aromatic carbocycles. The molecule has 1 aliphatic rings. The quantitative estimate of drug-likeness (QED) is 0.181. The topological polar surface area (TPSA) is 14.8 Å². The zero-order chi connectivity index (χ0) is 32.5. The van der Waals surface area contributed by atoms with E-state index in [2.05, 4.69) is 177 Å². The van der Waals surface area contributed by atoms with Crippen molar-refractivity contribution in [3.05, 3.63) is 164 Å². The third kappa shape index (κ3) is 3.41. The molecule has 4 heterocycles. The van der Waals surface area contributed by atoms with Crippen LogP contribution in [0.3, 0.4) is 0 Å². The Hall–Kier alpha value is -6.23. The van der Waals surface area contributed by atoms with Crippen LogP contribution >= 0.6 is 11.8 Å². The fourth-order valence-corrected chi connectivity index (χ4v) is 9.80. The highest BCUT2D eigenvalue weighted by molar-refractivity contribution is 7.99. The van der Waals surface area contributed by atoms with Crippen LogP contribution in [0.4, 0.5) is 0 Å². The van der Waals surface area contributed by atoms with E-state index in [0.29, 0.717) is 0 Å². The van der Waals surface area contributed by atoms with Crippen LogP contribution in [-0.2, 0) is 0 Å². The SMILES string of the molecule is c1ccc2c(c1)Sc1cccc3c4c5ccccc5n(-c5ccc6ccc(-n7c8ccccc8c8c9ccccc9ccc87)cc6c5)c4n-2c13. The first-order valence-corrected chi connectivity index (χ1v) is 17.9. The van der Waals surface area contributed by atoms with Gasteiger partial charge < -0.3 is 4.57 Å². The number of aromatic nitrogens is 3. The molecule has 0 aliphatic carbocycles. The first-order valence-electron chi connectivity index (χ1n) is 17.1. The number of nitrogens with zero attached hydrogens (tertiary/aromatic N) is 3. The molecule has 0 saturated heterocycles. The fraction of sp³-hybridized carbons (Fsp3) is 0. The van der Waals surface area contributed by atoms with Gasteiger partial charge in [0.15, 0.2) is 0 Å². The molecule has 3 nitrogen and oxygen atoms in total. The Morgan fingerprint density at radius 3 is 1.82 bits per heavy atom. The molecule has 0 N–H and O–H groups in total. The molecule has 0 unspecified atom stereocenters. The zero-order valence-corrected chi connectivity index (χ0v) is 27.7. The van der Waals surface area contributed by atoms with Crippen LogP contribution in [0.1, 0.15) is 0 Å². The minimum Gasteiger partial charge on any atom is -0.309 e. The molecule has 50 heavy (non-hydrogen) atoms. The summed E-state index contributed by atoms with van der Waals surface area (Å²) in [5, 5.41) is 11.5. The highest BCUT2D eigenvalue weighted by Gasteiger charge is 2.27. The highest BCUT2D eigenvalue weighted by Crippen LogP contribution is 2.49. The van der Waals surface area contributed by atoms with E-state index in [1.165, 1.54) is 91.7 Å². The molecule has 0 fully saturated rings. The van der Waals surface area contributed by atoms with Crippen molar-refractivity contribution >= 4 is 88.0 Å². The number of hydrogen-bond donors (Lipinski definition) is 0. The van der Waals surface area contributed by atoms with E-state index in [1.807, 2.05) is 11.8 Å². The lowest BCUT2D eigenvalue weighted by atomic mass is 10.0. The van der Waals surface area contributed by atoms with Gasteiger partial charge in [0.05, 0.1) is 27.8 Å². The molecule has 12 rings (SSSR count). The van der Waals surface area contributed by atoms with E-state index < -0.39 is 0 Å². The van der Waals surface area contributed by atoms with Gasteiger partial charge in [0.25, 0.3) is 0 Å². The maximum absolute atomic E-state index is 2.51. The second kappa shape index (κ2) is 9.69. The van der Waals surface area contributed by atoms with Gasteiger partial charge in [-0.15, -0.1) is 0 Å². The Balaban J connectivity index is 1.15. The van der Waals surface area contributed by atoms with Gasteiger partial charge in [0.2, 0.25) is 0 Å². The monoisotopic (exact) mass is 653 g/mol. The molecule has 0 atom stereocenters. The summed E-state index contributed by atoms with van der Waals surface area (Å²) in [6.45, 7) is 0. The standard InChI is InChI=1S/C46H27N3S/c1-2-11-33-29(10-1)22-25-40-43(33)34-12-3-5-15-37(34)47(40)31-23-20-28-21-24-32(27-30(28)26-31)48-38-16-6-4-13-35(38)44-36-14-9-19-42-45(36)49(46(44)48)39-17-7-8-18-41(39)50-42/h1-27H. The summed E-state index contributed by atoms with van der Waals surface area (Å²) in [6, 6.07) is 60.4. The molecule has 0 bridgehead atoms. The van der Waals surface area contributed by atoms with Crippen LogP contribution in [0.5, 0.6) is 0 Å². The second-order valence-electron chi connectivity index (χ2n) is 13.4. The number of rotatable bonds is 2. The number of hydrogen-bond acceptors (Lipinski definition) is 1. The Labute approximate surface area is 291 Å². The van der Waals surface area contributed by atoms with Crippen molar-refractivity contribution in [3.63, 3.8) is 0 Å². The lowest BCUT2D eigenvalue weighted by molar-refractivity contribution is 1.03. The van der Waals surface area contributed by atoms with Crippen molar-refractivity contribution in [3.8, 4) is 17.1 Å². The Kier molecular flexibility index (Phi) is 5.17. The largest absolute Gasteiger partial charge is 0.309 e. The van der Waals surface area contributed by atoms with Crippen molar-refractivity contribution < 1.29 is 0 Å². The summed E-state index contributed by atoms with van der Waals surface area (Å²) in [5.41, 5.74) is 9.73. The maximum Gasteiger partial charge on any atom is 0.131 e. The third-order valence-corrected chi connectivity index (χ3v) is 11.9. The van der Waals surface area contributed by atoms with Gasteiger partial charge in [-0.3, -0.25) is 9.13 Å². The van der Waals surface area contributed by atoms with Crippen molar-refractivity contribution in [2.75, 3.05) is 0 Å². The van der Waals surface area contributed by atoms with Crippen molar-refractivity contribution in [2.24, 2.45) is 0 Å². The predicted octanol–water partition coefficient (Wildman–Crippen LogP) is 12.6. The van der Waals surface area contributed by atoms with E-state index in [9.17, 15) is 0 Å². The molecule has 3 aromatic heterocycles. The number of para-hydroxylation sites is 4. The normalized spacial score (nSPS) is 12.7. The summed E-state index contributed by atoms with van der Waals surface area (Å²) >= 11 is 1.87. The van der Waals surface area contributed by atoms with Gasteiger partial charge in [-0.25, -0.2) is 0 Å². The number of fused-ring (bicyclic) bond motifs is 13. The smallest absolute Gasteiger partial charge is 0.131 e. The first kappa shape index (κ1) is 26.7. The summed E-state index contributed by atoms with van der Waals surface area (Å²) in [6.07, 6.45) is 0. The van der Waals surface area contributed by atoms with Gasteiger partial charge in [-0.05, 0) is 82.2 Å². The van der Waals surface area contributed by atoms with Gasteiger partial charge in [-0.2, -0.15) is 0 Å². The van der Waals surface area contributed by atoms with Crippen LogP contribution in [0.25, 0.3) is 93.3 Å². The lowest BCUT2D eigenvalue weighted by Crippen LogP contribution is -2.05. The molecule has 0 amide bonds. The van der Waals surface area contributed by atoms with E-state index >= 15 is 0 Å². The average Bonchev–Trinajstić information content (AvgIpc) is 3.81. The predicted molar refractivity (Wildman–Crippen MR) is 211 cm³/mol. The van der Waals surface area contributed by atoms with Crippen LogP contribution < -0.4 is 0 Å². The number of benzene rings is 8. The summed E-state index contributed by atoms with van der Waals surface area (Å²) < 4.78 is 7.43. The van der Waals surface area contributed by atoms with E-state index in [4.69, 9.17) is 0 Å². The molecule has 232 valence electrons.